The fourth-order valence-electron chi connectivity index (χ4n) is 2.35. The van der Waals surface area contributed by atoms with Gasteiger partial charge in [-0.15, -0.1) is 5.10 Å². The molecule has 1 aromatic heterocycles. The number of amides is 1. The first-order valence-electron chi connectivity index (χ1n) is 8.29. The number of phenols is 1. The minimum Gasteiger partial charge on any atom is -0.508 e. The first kappa shape index (κ1) is 18.7. The number of phenolic OH excluding ortho intramolecular Hbond substituents is 1. The van der Waals surface area contributed by atoms with Crippen molar-refractivity contribution in [2.45, 2.75) is 19.6 Å². The summed E-state index contributed by atoms with van der Waals surface area (Å²) in [6.07, 6.45) is 0.657. The maximum Gasteiger partial charge on any atom is 0.241 e. The Balaban J connectivity index is 1.48. The Hall–Kier alpha value is -3.13. The second-order valence-corrected chi connectivity index (χ2v) is 6.15. The van der Waals surface area contributed by atoms with E-state index in [1.807, 2.05) is 24.3 Å². The minimum absolute atomic E-state index is 0.0101. The first-order chi connectivity index (χ1) is 13.1. The Morgan fingerprint density at radius 1 is 1.19 bits per heavy atom. The highest BCUT2D eigenvalue weighted by Crippen LogP contribution is 2.23. The number of rotatable bonds is 8. The normalized spacial score (nSPS) is 10.6. The number of para-hydroxylation sites is 1. The Morgan fingerprint density at radius 3 is 2.74 bits per heavy atom. The monoisotopic (exact) mass is 387 g/mol. The molecular formula is C18H18ClN5O3. The highest BCUT2D eigenvalue weighted by molar-refractivity contribution is 6.32. The van der Waals surface area contributed by atoms with E-state index in [1.165, 1.54) is 4.68 Å². The van der Waals surface area contributed by atoms with Crippen LogP contribution in [0.4, 0.5) is 0 Å². The fraction of sp³-hybridized carbons (Fsp3) is 0.222. The van der Waals surface area contributed by atoms with Crippen LogP contribution in [0.15, 0.2) is 48.5 Å². The maximum absolute atomic E-state index is 12.1. The fourth-order valence-corrected chi connectivity index (χ4v) is 2.54. The van der Waals surface area contributed by atoms with Crippen molar-refractivity contribution in [2.24, 2.45) is 0 Å². The van der Waals surface area contributed by atoms with Crippen LogP contribution in [0.25, 0.3) is 0 Å². The lowest BCUT2D eigenvalue weighted by atomic mass is 10.1. The van der Waals surface area contributed by atoms with Gasteiger partial charge in [0, 0.05) is 6.54 Å². The van der Waals surface area contributed by atoms with Gasteiger partial charge in [-0.25, -0.2) is 4.68 Å². The summed E-state index contributed by atoms with van der Waals surface area (Å²) in [6.45, 7) is 0.554. The largest absolute Gasteiger partial charge is 0.508 e. The van der Waals surface area contributed by atoms with E-state index in [-0.39, 0.29) is 24.8 Å². The van der Waals surface area contributed by atoms with Gasteiger partial charge in [-0.05, 0) is 46.7 Å². The third-order valence-corrected chi connectivity index (χ3v) is 4.08. The van der Waals surface area contributed by atoms with Gasteiger partial charge in [0.1, 0.15) is 24.7 Å². The molecule has 2 aromatic carbocycles. The lowest BCUT2D eigenvalue weighted by molar-refractivity contribution is -0.121. The van der Waals surface area contributed by atoms with E-state index in [4.69, 9.17) is 16.3 Å². The summed E-state index contributed by atoms with van der Waals surface area (Å²) >= 11 is 6.04. The van der Waals surface area contributed by atoms with Crippen molar-refractivity contribution in [1.29, 1.82) is 0 Å². The average molecular weight is 388 g/mol. The molecule has 1 heterocycles. The molecule has 0 bridgehead atoms. The molecule has 3 rings (SSSR count). The van der Waals surface area contributed by atoms with Crippen molar-refractivity contribution in [3.63, 3.8) is 0 Å². The van der Waals surface area contributed by atoms with Crippen molar-refractivity contribution >= 4 is 17.5 Å². The number of benzene rings is 2. The third kappa shape index (κ3) is 5.42. The number of aromatic hydroxyl groups is 1. The summed E-state index contributed by atoms with van der Waals surface area (Å²) in [5, 5.41) is 23.9. The van der Waals surface area contributed by atoms with Crippen molar-refractivity contribution in [3.8, 4) is 11.5 Å². The van der Waals surface area contributed by atoms with Crippen LogP contribution in [0, 0.1) is 0 Å². The molecule has 0 aliphatic rings. The van der Waals surface area contributed by atoms with Gasteiger partial charge in [-0.3, -0.25) is 4.79 Å². The molecule has 140 valence electrons. The zero-order valence-electron chi connectivity index (χ0n) is 14.4. The van der Waals surface area contributed by atoms with Gasteiger partial charge in [-0.2, -0.15) is 0 Å². The number of aromatic nitrogens is 4. The van der Waals surface area contributed by atoms with Gasteiger partial charge in [0.05, 0.1) is 5.02 Å². The summed E-state index contributed by atoms with van der Waals surface area (Å²) in [4.78, 5) is 12.1. The van der Waals surface area contributed by atoms with E-state index in [0.717, 1.165) is 5.56 Å². The number of tetrazole rings is 1. The summed E-state index contributed by atoms with van der Waals surface area (Å²) < 4.78 is 6.99. The van der Waals surface area contributed by atoms with Gasteiger partial charge in [0.15, 0.2) is 5.82 Å². The van der Waals surface area contributed by atoms with Gasteiger partial charge in [0.2, 0.25) is 5.91 Å². The van der Waals surface area contributed by atoms with Crippen molar-refractivity contribution in [1.82, 2.24) is 25.5 Å². The smallest absolute Gasteiger partial charge is 0.241 e. The Bertz CT molecular complexity index is 898. The van der Waals surface area contributed by atoms with Crippen LogP contribution < -0.4 is 10.1 Å². The highest BCUT2D eigenvalue weighted by Gasteiger charge is 2.12. The predicted octanol–water partition coefficient (Wildman–Crippen LogP) is 1.97. The summed E-state index contributed by atoms with van der Waals surface area (Å²) in [5.74, 6) is 0.948. The summed E-state index contributed by atoms with van der Waals surface area (Å²) in [6, 6.07) is 13.9. The van der Waals surface area contributed by atoms with E-state index >= 15 is 0 Å². The van der Waals surface area contributed by atoms with Crippen LogP contribution in [0.1, 0.15) is 11.4 Å². The van der Waals surface area contributed by atoms with Gasteiger partial charge in [0.25, 0.3) is 0 Å². The molecule has 27 heavy (non-hydrogen) atoms. The molecule has 3 aromatic rings. The second kappa shape index (κ2) is 9.00. The van der Waals surface area contributed by atoms with Crippen LogP contribution in [0.2, 0.25) is 5.02 Å². The number of ether oxygens (including phenoxy) is 1. The molecule has 0 spiro atoms. The molecule has 9 heteroatoms. The number of hydrogen-bond acceptors (Lipinski definition) is 6. The number of hydrogen-bond donors (Lipinski definition) is 2. The molecule has 0 aliphatic carbocycles. The van der Waals surface area contributed by atoms with E-state index in [0.29, 0.717) is 29.6 Å². The molecule has 0 unspecified atom stereocenters. The molecular weight excluding hydrogens is 370 g/mol. The SMILES string of the molecule is O=C(Cn1nnnc1COc1ccccc1Cl)NCCc1ccc(O)cc1. The molecule has 0 fully saturated rings. The maximum atomic E-state index is 12.1. The van der Waals surface area contributed by atoms with Crippen LogP contribution in [0.5, 0.6) is 11.5 Å². The molecule has 8 nitrogen and oxygen atoms in total. The molecule has 0 atom stereocenters. The van der Waals surface area contributed by atoms with Crippen LogP contribution >= 0.6 is 11.6 Å². The Kier molecular flexibility index (Phi) is 6.22. The zero-order chi connectivity index (χ0) is 19.1. The summed E-state index contributed by atoms with van der Waals surface area (Å²) in [5.41, 5.74) is 1.02. The van der Waals surface area contributed by atoms with E-state index < -0.39 is 0 Å². The number of carbonyl (C=O) groups is 1. The zero-order valence-corrected chi connectivity index (χ0v) is 15.1. The van der Waals surface area contributed by atoms with Crippen LogP contribution in [-0.4, -0.2) is 37.8 Å². The number of nitrogens with zero attached hydrogens (tertiary/aromatic N) is 4. The molecule has 2 N–H and O–H groups in total. The first-order valence-corrected chi connectivity index (χ1v) is 8.66. The van der Waals surface area contributed by atoms with Crippen LogP contribution in [-0.2, 0) is 24.4 Å². The highest BCUT2D eigenvalue weighted by atomic mass is 35.5. The minimum atomic E-state index is -0.208. The van der Waals surface area contributed by atoms with Gasteiger partial charge < -0.3 is 15.2 Å². The molecule has 0 saturated carbocycles. The molecule has 0 aliphatic heterocycles. The van der Waals surface area contributed by atoms with Crippen molar-refractivity contribution < 1.29 is 14.6 Å². The van der Waals surface area contributed by atoms with Crippen molar-refractivity contribution in [2.75, 3.05) is 6.54 Å². The quantitative estimate of drug-likeness (QED) is 0.612. The number of nitrogens with one attached hydrogen (secondary N) is 1. The molecule has 1 amide bonds. The average Bonchev–Trinajstić information content (AvgIpc) is 3.09. The van der Waals surface area contributed by atoms with E-state index in [2.05, 4.69) is 20.8 Å². The van der Waals surface area contributed by atoms with E-state index in [9.17, 15) is 9.90 Å². The number of carbonyl (C=O) groups excluding carboxylic acids is 1. The van der Waals surface area contributed by atoms with Crippen LogP contribution in [0.3, 0.4) is 0 Å². The second-order valence-electron chi connectivity index (χ2n) is 5.74. The van der Waals surface area contributed by atoms with Crippen molar-refractivity contribution in [3.05, 3.63) is 64.9 Å². The van der Waals surface area contributed by atoms with E-state index in [1.54, 1.807) is 24.3 Å². The Morgan fingerprint density at radius 2 is 1.96 bits per heavy atom. The topological polar surface area (TPSA) is 102 Å². The molecule has 0 saturated heterocycles. The summed E-state index contributed by atoms with van der Waals surface area (Å²) in [7, 11) is 0. The predicted molar refractivity (Wildman–Crippen MR) is 98.4 cm³/mol. The Labute approximate surface area is 160 Å². The lowest BCUT2D eigenvalue weighted by Crippen LogP contribution is -2.30. The molecule has 0 radical (unpaired) electrons. The third-order valence-electron chi connectivity index (χ3n) is 3.77. The van der Waals surface area contributed by atoms with Gasteiger partial charge >= 0.3 is 0 Å². The number of halogens is 1. The lowest BCUT2D eigenvalue weighted by Gasteiger charge is -2.09. The standard InChI is InChI=1S/C18H18ClN5O3/c19-15-3-1-2-4-16(15)27-12-17-21-22-23-24(17)11-18(26)20-10-9-13-5-7-14(25)8-6-13/h1-8,25H,9-12H2,(H,20,26). The van der Waals surface area contributed by atoms with Gasteiger partial charge in [-0.1, -0.05) is 35.9 Å².